The Labute approximate surface area is 105 Å². The van der Waals surface area contributed by atoms with E-state index in [0.717, 1.165) is 10.2 Å². The average Bonchev–Trinajstić information content (AvgIpc) is 2.67. The molecule has 0 radical (unpaired) electrons. The average molecular weight is 273 g/mol. The van der Waals surface area contributed by atoms with Gasteiger partial charge in [-0.15, -0.1) is 11.3 Å². The minimum Gasteiger partial charge on any atom is -0.299 e. The molecule has 0 unspecified atom stereocenters. The summed E-state index contributed by atoms with van der Waals surface area (Å²) in [6, 6.07) is 7.37. The molecular weight excluding hydrogens is 263 g/mol. The first kappa shape index (κ1) is 13.0. The number of hydrogen-bond acceptors (Lipinski definition) is 3. The molecule has 18 heavy (non-hydrogen) atoms. The van der Waals surface area contributed by atoms with Crippen LogP contribution in [0, 0.1) is 0 Å². The van der Waals surface area contributed by atoms with Crippen LogP contribution in [0.15, 0.2) is 24.3 Å². The summed E-state index contributed by atoms with van der Waals surface area (Å²) in [6.45, 7) is 0. The smallest absolute Gasteiger partial charge is 0.299 e. The number of alkyl halides is 3. The Balaban J connectivity index is 1.99. The molecule has 6 heteroatoms. The number of para-hydroxylation sites is 1. The Morgan fingerprint density at radius 2 is 2.00 bits per heavy atom. The van der Waals surface area contributed by atoms with Crippen molar-refractivity contribution in [3.8, 4) is 0 Å². The molecule has 0 atom stereocenters. The van der Waals surface area contributed by atoms with Crippen molar-refractivity contribution in [2.24, 2.45) is 0 Å². The highest BCUT2D eigenvalue weighted by Crippen LogP contribution is 2.24. The summed E-state index contributed by atoms with van der Waals surface area (Å²) in [5, 5.41) is 0.573. The van der Waals surface area contributed by atoms with Gasteiger partial charge >= 0.3 is 6.18 Å². The topological polar surface area (TPSA) is 30.0 Å². The van der Waals surface area contributed by atoms with Gasteiger partial charge in [-0.05, 0) is 12.1 Å². The zero-order valence-electron chi connectivity index (χ0n) is 9.33. The van der Waals surface area contributed by atoms with E-state index in [-0.39, 0.29) is 6.42 Å². The maximum atomic E-state index is 12.0. The predicted octanol–water partition coefficient (Wildman–Crippen LogP) is 3.75. The Morgan fingerprint density at radius 3 is 2.67 bits per heavy atom. The van der Waals surface area contributed by atoms with Crippen LogP contribution >= 0.6 is 11.3 Å². The molecule has 96 valence electrons. The van der Waals surface area contributed by atoms with E-state index in [0.29, 0.717) is 5.01 Å². The van der Waals surface area contributed by atoms with Crippen molar-refractivity contribution in [1.29, 1.82) is 0 Å². The predicted molar refractivity (Wildman–Crippen MR) is 63.6 cm³/mol. The van der Waals surface area contributed by atoms with Gasteiger partial charge in [-0.3, -0.25) is 4.79 Å². The minimum atomic E-state index is -4.27. The maximum absolute atomic E-state index is 12.0. The molecule has 0 amide bonds. The summed E-state index contributed by atoms with van der Waals surface area (Å²) in [4.78, 5) is 15.6. The first-order chi connectivity index (χ1) is 8.44. The molecule has 0 aliphatic rings. The number of carbonyl (C=O) groups excluding carboxylic acids is 1. The zero-order chi connectivity index (χ0) is 13.2. The van der Waals surface area contributed by atoms with Gasteiger partial charge in [0, 0.05) is 6.42 Å². The monoisotopic (exact) mass is 273 g/mol. The van der Waals surface area contributed by atoms with E-state index in [9.17, 15) is 18.0 Å². The van der Waals surface area contributed by atoms with Crippen molar-refractivity contribution in [3.63, 3.8) is 0 Å². The molecule has 0 aliphatic heterocycles. The molecule has 0 aliphatic carbocycles. The maximum Gasteiger partial charge on any atom is 0.389 e. The molecule has 1 aromatic carbocycles. The van der Waals surface area contributed by atoms with Crippen LogP contribution in [0.4, 0.5) is 13.2 Å². The summed E-state index contributed by atoms with van der Waals surface area (Å²) < 4.78 is 36.8. The molecule has 2 rings (SSSR count). The van der Waals surface area contributed by atoms with Crippen LogP contribution in [-0.2, 0) is 11.2 Å². The fourth-order valence-corrected chi connectivity index (χ4v) is 2.53. The second kappa shape index (κ2) is 5.06. The van der Waals surface area contributed by atoms with Gasteiger partial charge in [-0.2, -0.15) is 13.2 Å². The number of carbonyl (C=O) groups is 1. The lowest BCUT2D eigenvalue weighted by Crippen LogP contribution is -2.12. The van der Waals surface area contributed by atoms with Gasteiger partial charge in [0.15, 0.2) is 0 Å². The highest BCUT2D eigenvalue weighted by Gasteiger charge is 2.27. The van der Waals surface area contributed by atoms with Crippen LogP contribution in [0.2, 0.25) is 0 Å². The number of ketones is 1. The van der Waals surface area contributed by atoms with Crippen molar-refractivity contribution in [3.05, 3.63) is 29.3 Å². The second-order valence-electron chi connectivity index (χ2n) is 3.91. The van der Waals surface area contributed by atoms with Crippen LogP contribution < -0.4 is 0 Å². The Kier molecular flexibility index (Phi) is 3.65. The molecule has 1 heterocycles. The van der Waals surface area contributed by atoms with Gasteiger partial charge in [0.25, 0.3) is 0 Å². The fraction of sp³-hybridized carbons (Fsp3) is 0.333. The first-order valence-electron chi connectivity index (χ1n) is 5.37. The molecule has 2 nitrogen and oxygen atoms in total. The van der Waals surface area contributed by atoms with Crippen LogP contribution in [0.1, 0.15) is 17.8 Å². The highest BCUT2D eigenvalue weighted by atomic mass is 32.1. The largest absolute Gasteiger partial charge is 0.389 e. The SMILES string of the molecule is O=C(CCC(F)(F)F)Cc1nc2ccccc2s1. The molecular formula is C12H10F3NOS. The number of nitrogens with zero attached hydrogens (tertiary/aromatic N) is 1. The third-order valence-corrected chi connectivity index (χ3v) is 3.41. The number of hydrogen-bond donors (Lipinski definition) is 0. The molecule has 0 saturated carbocycles. The Morgan fingerprint density at radius 1 is 1.28 bits per heavy atom. The number of thiazole rings is 1. The lowest BCUT2D eigenvalue weighted by Gasteiger charge is -2.03. The van der Waals surface area contributed by atoms with E-state index in [4.69, 9.17) is 0 Å². The van der Waals surface area contributed by atoms with Crippen molar-refractivity contribution < 1.29 is 18.0 Å². The minimum absolute atomic E-state index is 0.0184. The summed E-state index contributed by atoms with van der Waals surface area (Å²) in [5.41, 5.74) is 0.779. The molecule has 1 aromatic heterocycles. The van der Waals surface area contributed by atoms with Gasteiger partial charge in [0.2, 0.25) is 0 Å². The van der Waals surface area contributed by atoms with Crippen molar-refractivity contribution in [2.75, 3.05) is 0 Å². The zero-order valence-corrected chi connectivity index (χ0v) is 10.1. The van der Waals surface area contributed by atoms with E-state index in [1.165, 1.54) is 11.3 Å². The number of Topliss-reactive ketones (excluding diaryl/α,β-unsaturated/α-hetero) is 1. The fourth-order valence-electron chi connectivity index (χ4n) is 1.53. The van der Waals surface area contributed by atoms with Crippen LogP contribution in [0.5, 0.6) is 0 Å². The Hall–Kier alpha value is -1.43. The van der Waals surface area contributed by atoms with Gasteiger partial charge in [-0.1, -0.05) is 12.1 Å². The summed E-state index contributed by atoms with van der Waals surface area (Å²) in [7, 11) is 0. The molecule has 0 saturated heterocycles. The summed E-state index contributed by atoms with van der Waals surface area (Å²) >= 11 is 1.35. The van der Waals surface area contributed by atoms with Crippen LogP contribution in [0.25, 0.3) is 10.2 Å². The van der Waals surface area contributed by atoms with Crippen molar-refractivity contribution in [1.82, 2.24) is 4.98 Å². The molecule has 0 fully saturated rings. The quantitative estimate of drug-likeness (QED) is 0.849. The lowest BCUT2D eigenvalue weighted by molar-refractivity contribution is -0.143. The van der Waals surface area contributed by atoms with Gasteiger partial charge in [0.1, 0.15) is 10.8 Å². The number of rotatable bonds is 4. The lowest BCUT2D eigenvalue weighted by atomic mass is 10.2. The molecule has 0 spiro atoms. The van der Waals surface area contributed by atoms with E-state index < -0.39 is 24.8 Å². The third kappa shape index (κ3) is 3.53. The van der Waals surface area contributed by atoms with Crippen LogP contribution in [-0.4, -0.2) is 16.9 Å². The number of halogens is 3. The normalized spacial score (nSPS) is 11.9. The first-order valence-corrected chi connectivity index (χ1v) is 6.18. The van der Waals surface area contributed by atoms with E-state index in [2.05, 4.69) is 4.98 Å². The highest BCUT2D eigenvalue weighted by molar-refractivity contribution is 7.18. The van der Waals surface area contributed by atoms with Crippen molar-refractivity contribution in [2.45, 2.75) is 25.4 Å². The summed E-state index contributed by atoms with van der Waals surface area (Å²) in [5.74, 6) is -0.425. The van der Waals surface area contributed by atoms with Gasteiger partial charge in [-0.25, -0.2) is 4.98 Å². The van der Waals surface area contributed by atoms with Gasteiger partial charge < -0.3 is 0 Å². The Bertz CT molecular complexity index is 529. The number of aromatic nitrogens is 1. The van der Waals surface area contributed by atoms with Crippen molar-refractivity contribution >= 4 is 27.3 Å². The van der Waals surface area contributed by atoms with E-state index >= 15 is 0 Å². The number of fused-ring (bicyclic) bond motifs is 1. The molecule has 2 aromatic rings. The molecule has 0 bridgehead atoms. The standard InChI is InChI=1S/C12H10F3NOS/c13-12(14,15)6-5-8(17)7-11-16-9-3-1-2-4-10(9)18-11/h1-4H,5-7H2. The number of benzene rings is 1. The second-order valence-corrected chi connectivity index (χ2v) is 5.02. The molecule has 0 N–H and O–H groups in total. The van der Waals surface area contributed by atoms with E-state index in [1.54, 1.807) is 0 Å². The van der Waals surface area contributed by atoms with E-state index in [1.807, 2.05) is 24.3 Å². The third-order valence-electron chi connectivity index (χ3n) is 2.37. The van der Waals surface area contributed by atoms with Gasteiger partial charge in [0.05, 0.1) is 23.1 Å². The van der Waals surface area contributed by atoms with Crippen LogP contribution in [0.3, 0.4) is 0 Å². The summed E-state index contributed by atoms with van der Waals surface area (Å²) in [6.07, 6.45) is -5.82.